The van der Waals surface area contributed by atoms with Gasteiger partial charge in [0.05, 0.1) is 26.2 Å². The van der Waals surface area contributed by atoms with Crippen LogP contribution in [-0.4, -0.2) is 102 Å². The van der Waals surface area contributed by atoms with E-state index in [0.29, 0.717) is 73.8 Å². The van der Waals surface area contributed by atoms with Gasteiger partial charge in [-0.1, -0.05) is 48.9 Å². The normalized spacial score (nSPS) is 19.5. The number of allylic oxidation sites excluding steroid dienone is 8. The number of carbonyl (C=O) groups excluding carboxylic acids is 3. The molecule has 0 spiro atoms. The molecule has 2 aromatic carbocycles. The zero-order valence-electron chi connectivity index (χ0n) is 39.6. The Bertz CT molecular complexity index is 2170. The minimum absolute atomic E-state index is 0.0234. The minimum Gasteiger partial charge on any atom is -0.396 e. The summed E-state index contributed by atoms with van der Waals surface area (Å²) in [7, 11) is 6.15. The summed E-state index contributed by atoms with van der Waals surface area (Å²) in [5, 5.41) is 10.7. The largest absolute Gasteiger partial charge is 0.396 e. The predicted molar refractivity (Wildman–Crippen MR) is 261 cm³/mol. The van der Waals surface area contributed by atoms with E-state index in [1.54, 1.807) is 20.3 Å². The number of aliphatic hydroxyl groups excluding tert-OH is 1. The fourth-order valence-corrected chi connectivity index (χ4v) is 9.86. The number of benzene rings is 2. The van der Waals surface area contributed by atoms with Gasteiger partial charge in [-0.25, -0.2) is 13.2 Å². The van der Waals surface area contributed by atoms with E-state index in [1.165, 1.54) is 26.3 Å². The van der Waals surface area contributed by atoms with Crippen molar-refractivity contribution >= 4 is 63.4 Å². The summed E-state index contributed by atoms with van der Waals surface area (Å²) in [5.74, 6) is -1.23. The van der Waals surface area contributed by atoms with E-state index in [1.807, 2.05) is 60.7 Å². The van der Waals surface area contributed by atoms with Gasteiger partial charge in [-0.3, -0.25) is 22.9 Å². The van der Waals surface area contributed by atoms with Crippen LogP contribution in [0.25, 0.3) is 0 Å². The molecule has 0 aliphatic carbocycles. The Morgan fingerprint density at radius 2 is 1.64 bits per heavy atom. The first-order valence-corrected chi connectivity index (χ1v) is 25.2. The van der Waals surface area contributed by atoms with E-state index in [0.717, 1.165) is 33.1 Å². The number of hydrogen-bond acceptors (Lipinski definition) is 14. The van der Waals surface area contributed by atoms with Crippen LogP contribution >= 0.6 is 12.0 Å². The van der Waals surface area contributed by atoms with Gasteiger partial charge >= 0.3 is 5.97 Å². The van der Waals surface area contributed by atoms with Gasteiger partial charge in [-0.05, 0) is 120 Å². The molecule has 4 unspecified atom stereocenters. The van der Waals surface area contributed by atoms with Crippen LogP contribution in [0, 0.1) is 0 Å². The molecule has 4 rings (SSSR count). The van der Waals surface area contributed by atoms with Crippen molar-refractivity contribution in [3.8, 4) is 0 Å². The second-order valence-corrected chi connectivity index (χ2v) is 20.6. The third-order valence-corrected chi connectivity index (χ3v) is 14.5. The first kappa shape index (κ1) is 54.5. The first-order chi connectivity index (χ1) is 31.6. The molecule has 1 fully saturated rings. The van der Waals surface area contributed by atoms with E-state index in [2.05, 4.69) is 50.8 Å². The molecule has 1 N–H and O–H groups in total. The number of hydroxylamine groups is 2. The molecule has 2 aromatic rings. The van der Waals surface area contributed by atoms with Gasteiger partial charge in [0.25, 0.3) is 11.8 Å². The van der Waals surface area contributed by atoms with Crippen LogP contribution in [0.2, 0.25) is 0 Å². The summed E-state index contributed by atoms with van der Waals surface area (Å²) in [5.41, 5.74) is 3.38. The number of methoxy groups -OCH3 is 1. The quantitative estimate of drug-likeness (QED) is 0.0283. The van der Waals surface area contributed by atoms with E-state index in [-0.39, 0.29) is 25.9 Å². The number of amides is 2. The van der Waals surface area contributed by atoms with Gasteiger partial charge in [0.2, 0.25) is 0 Å². The lowest BCUT2D eigenvalue weighted by atomic mass is 9.75. The summed E-state index contributed by atoms with van der Waals surface area (Å²) in [6.45, 7) is 9.48. The molecule has 0 radical (unpaired) electrons. The summed E-state index contributed by atoms with van der Waals surface area (Å²) in [6, 6.07) is 13.8. The van der Waals surface area contributed by atoms with Gasteiger partial charge in [0, 0.05) is 102 Å². The highest BCUT2D eigenvalue weighted by atomic mass is 32.2. The fraction of sp³-hybridized carbons (Fsp3) is 0.510. The Morgan fingerprint density at radius 3 is 2.32 bits per heavy atom. The monoisotopic (exact) mass is 969 g/mol. The highest BCUT2D eigenvalue weighted by Crippen LogP contribution is 2.54. The lowest BCUT2D eigenvalue weighted by molar-refractivity contribution is -0.197. The van der Waals surface area contributed by atoms with E-state index in [9.17, 15) is 27.9 Å². The summed E-state index contributed by atoms with van der Waals surface area (Å²) >= 11 is -1.72. The van der Waals surface area contributed by atoms with Crippen molar-refractivity contribution in [2.45, 2.75) is 118 Å². The van der Waals surface area contributed by atoms with E-state index in [4.69, 9.17) is 27.1 Å². The number of rotatable bonds is 28. The number of anilines is 1. The Labute approximate surface area is 400 Å². The number of carbonyl (C=O) groups is 3. The second-order valence-electron chi connectivity index (χ2n) is 17.0. The summed E-state index contributed by atoms with van der Waals surface area (Å²) in [4.78, 5) is 50.0. The fourth-order valence-electron chi connectivity index (χ4n) is 8.23. The van der Waals surface area contributed by atoms with Crippen LogP contribution in [0.5, 0.6) is 0 Å². The van der Waals surface area contributed by atoms with Crippen molar-refractivity contribution in [1.82, 2.24) is 5.06 Å². The van der Waals surface area contributed by atoms with Gasteiger partial charge in [0.15, 0.2) is 22.2 Å². The number of aliphatic imine (C=N–C) groups is 1. The number of fused-ring (bicyclic) bond motifs is 1. The first-order valence-electron chi connectivity index (χ1n) is 22.2. The maximum absolute atomic E-state index is 12.7. The average Bonchev–Trinajstić information content (AvgIpc) is 3.75. The van der Waals surface area contributed by atoms with Crippen molar-refractivity contribution in [2.24, 2.45) is 4.99 Å². The van der Waals surface area contributed by atoms with Gasteiger partial charge in [-0.15, -0.1) is 5.06 Å². The number of aliphatic hydroxyl groups is 1. The van der Waals surface area contributed by atoms with Crippen LogP contribution < -0.4 is 4.90 Å². The molecule has 17 heteroatoms. The molecule has 2 amide bonds. The van der Waals surface area contributed by atoms with Crippen molar-refractivity contribution in [3.05, 3.63) is 102 Å². The third kappa shape index (κ3) is 14.5. The number of nitrogens with zero attached hydrogens (tertiary/aromatic N) is 3. The Hall–Kier alpha value is -4.07. The van der Waals surface area contributed by atoms with Crippen LogP contribution in [-0.2, 0) is 69.5 Å². The molecule has 362 valence electrons. The zero-order chi connectivity index (χ0) is 48.3. The highest BCUT2D eigenvalue weighted by molar-refractivity contribution is 7.94. The number of ether oxygens (including phenoxy) is 1. The highest BCUT2D eigenvalue weighted by Gasteiger charge is 2.48. The van der Waals surface area contributed by atoms with Gasteiger partial charge < -0.3 is 23.8 Å². The van der Waals surface area contributed by atoms with Crippen LogP contribution in [0.4, 0.5) is 5.69 Å². The van der Waals surface area contributed by atoms with Crippen LogP contribution in [0.15, 0.2) is 105 Å². The van der Waals surface area contributed by atoms with E-state index < -0.39 is 56.3 Å². The number of hydrogen-bond donors (Lipinski definition) is 1. The molecule has 0 bridgehead atoms. The molecule has 0 saturated carbocycles. The molecule has 66 heavy (non-hydrogen) atoms. The maximum Gasteiger partial charge on any atom is 0.333 e. The molecule has 1 saturated heterocycles. The predicted octanol–water partition coefficient (Wildman–Crippen LogP) is 8.49. The van der Waals surface area contributed by atoms with Crippen molar-refractivity contribution < 1.29 is 50.0 Å². The lowest BCUT2D eigenvalue weighted by Crippen LogP contribution is -2.45. The summed E-state index contributed by atoms with van der Waals surface area (Å²) < 4.78 is 46.3. The molecule has 0 aromatic heterocycles. The van der Waals surface area contributed by atoms with Crippen LogP contribution in [0.1, 0.15) is 103 Å². The number of imide groups is 1. The minimum atomic E-state index is -1.64. The smallest absolute Gasteiger partial charge is 0.333 e. The molecular weight excluding hydrogens is 903 g/mol. The Kier molecular flexibility index (Phi) is 21.9. The standard InChI is InChI=1S/C49H67N3O11S3/c1-47(2,29-32-53)51-41-25-24-38(64-60-6)36-40(41)49(4,28-18-34-65(57)61-7)43(51)22-14-11-9-10-13-21-42(48(3,30-33-59-5)37-19-17-20-39(35-37)66(58)62-8)50-31-16-12-15-23-46(56)63-52-44(54)26-27-45(52)55/h9-11,13-14,17,19-22,24-25,35-36,53H,12,15-16,18,23,26-34H2,1-8H3/b10-9+,14-11+,21-13+,43-22+,50-42+. The van der Waals surface area contributed by atoms with Crippen molar-refractivity contribution in [1.29, 1.82) is 0 Å². The Balaban J connectivity index is 1.63. The Morgan fingerprint density at radius 1 is 0.909 bits per heavy atom. The molecule has 4 atom stereocenters. The molecule has 14 nitrogen and oxygen atoms in total. The molecule has 2 heterocycles. The molecular formula is C49H67N3O11S3. The summed E-state index contributed by atoms with van der Waals surface area (Å²) in [6.07, 6.45) is 18.4. The van der Waals surface area contributed by atoms with Crippen LogP contribution in [0.3, 0.4) is 0 Å². The number of unbranched alkanes of at least 4 members (excludes halogenated alkanes) is 2. The topological polar surface area (TPSA) is 171 Å². The second kappa shape index (κ2) is 26.5. The van der Waals surface area contributed by atoms with E-state index >= 15 is 0 Å². The van der Waals surface area contributed by atoms with Gasteiger partial charge in [-0.2, -0.15) is 0 Å². The molecule has 2 aliphatic heterocycles. The van der Waals surface area contributed by atoms with Crippen molar-refractivity contribution in [3.63, 3.8) is 0 Å². The zero-order valence-corrected chi connectivity index (χ0v) is 42.0. The lowest BCUT2D eigenvalue weighted by Gasteiger charge is -2.41. The third-order valence-electron chi connectivity index (χ3n) is 12.0. The van der Waals surface area contributed by atoms with Crippen molar-refractivity contribution in [2.75, 3.05) is 58.9 Å². The average molecular weight is 970 g/mol. The molecule has 2 aliphatic rings. The van der Waals surface area contributed by atoms with Gasteiger partial charge in [0.1, 0.15) is 0 Å². The maximum atomic E-state index is 12.7. The SMILES string of the molecule is COCCC(C)(C(/C=C/C=C/C=C/C=C1/N(C(C)(C)CCO)c2ccc(SOC)cc2C1(C)CCCS(=O)OC)=N/CCCCCC(=O)ON1C(=O)CCC1=O)c1cccc(S(=O)OC)c1.